The molecule has 2 nitrogen and oxygen atoms in total. The van der Waals surface area contributed by atoms with Crippen molar-refractivity contribution in [2.75, 3.05) is 0 Å². The first-order valence-electron chi connectivity index (χ1n) is 15.7. The van der Waals surface area contributed by atoms with Gasteiger partial charge in [0.25, 0.3) is 0 Å². The van der Waals surface area contributed by atoms with E-state index in [2.05, 4.69) is 13.8 Å². The summed E-state index contributed by atoms with van der Waals surface area (Å²) in [5, 5.41) is 0. The molecule has 196 valence electrons. The van der Waals surface area contributed by atoms with Gasteiger partial charge in [-0.2, -0.15) is 0 Å². The summed E-state index contributed by atoms with van der Waals surface area (Å²) in [6.45, 7) is 4.55. The Labute approximate surface area is 211 Å². The zero-order valence-corrected chi connectivity index (χ0v) is 22.8. The van der Waals surface area contributed by atoms with Gasteiger partial charge in [-0.25, -0.2) is 0 Å². The van der Waals surface area contributed by atoms with E-state index in [0.29, 0.717) is 35.7 Å². The Morgan fingerprint density at radius 2 is 1.24 bits per heavy atom. The van der Waals surface area contributed by atoms with Crippen molar-refractivity contribution in [2.45, 2.75) is 155 Å². The van der Waals surface area contributed by atoms with Crippen LogP contribution in [0, 0.1) is 35.5 Å². The zero-order chi connectivity index (χ0) is 24.2. The fraction of sp³-hybridized carbons (Fsp3) is 0.938. The van der Waals surface area contributed by atoms with Crippen molar-refractivity contribution >= 4 is 11.6 Å². The van der Waals surface area contributed by atoms with Crippen LogP contribution in [0.3, 0.4) is 0 Å². The van der Waals surface area contributed by atoms with Gasteiger partial charge in [-0.3, -0.25) is 9.59 Å². The number of carbonyl (C=O) groups excluding carboxylic acids is 2. The number of rotatable bonds is 14. The monoisotopic (exact) mass is 472 g/mol. The quantitative estimate of drug-likeness (QED) is 0.186. The van der Waals surface area contributed by atoms with Crippen LogP contribution < -0.4 is 0 Å². The van der Waals surface area contributed by atoms with E-state index in [1.54, 1.807) is 0 Å². The first-order chi connectivity index (χ1) is 16.6. The second-order valence-electron chi connectivity index (χ2n) is 12.5. The van der Waals surface area contributed by atoms with Crippen LogP contribution in [0.2, 0.25) is 0 Å². The Hall–Kier alpha value is -0.660. The van der Waals surface area contributed by atoms with E-state index < -0.39 is 0 Å². The van der Waals surface area contributed by atoms with Crippen molar-refractivity contribution in [2.24, 2.45) is 35.5 Å². The maximum atomic E-state index is 14.0. The second-order valence-corrected chi connectivity index (χ2v) is 12.5. The van der Waals surface area contributed by atoms with Gasteiger partial charge in [-0.1, -0.05) is 110 Å². The van der Waals surface area contributed by atoms with Gasteiger partial charge < -0.3 is 0 Å². The molecule has 3 unspecified atom stereocenters. The molecule has 0 aromatic carbocycles. The highest BCUT2D eigenvalue weighted by molar-refractivity contribution is 6.04. The molecule has 0 amide bonds. The summed E-state index contributed by atoms with van der Waals surface area (Å²) in [4.78, 5) is 27.2. The van der Waals surface area contributed by atoms with Crippen LogP contribution in [-0.2, 0) is 9.59 Å². The first-order valence-corrected chi connectivity index (χ1v) is 15.7. The lowest BCUT2D eigenvalue weighted by Crippen LogP contribution is -2.42. The van der Waals surface area contributed by atoms with Gasteiger partial charge in [0.05, 0.1) is 5.92 Å². The van der Waals surface area contributed by atoms with Crippen LogP contribution in [0.5, 0.6) is 0 Å². The highest BCUT2D eigenvalue weighted by atomic mass is 16.2. The predicted molar refractivity (Wildman–Crippen MR) is 144 cm³/mol. The first kappa shape index (κ1) is 27.9. The van der Waals surface area contributed by atoms with Crippen molar-refractivity contribution in [3.8, 4) is 0 Å². The van der Waals surface area contributed by atoms with Crippen LogP contribution in [0.4, 0.5) is 0 Å². The fourth-order valence-corrected chi connectivity index (χ4v) is 7.77. The number of carbonyl (C=O) groups is 2. The lowest BCUT2D eigenvalue weighted by molar-refractivity contribution is -0.141. The highest BCUT2D eigenvalue weighted by Gasteiger charge is 2.43. The molecule has 0 spiro atoms. The summed E-state index contributed by atoms with van der Waals surface area (Å²) in [6, 6.07) is 0. The number of hydrogen-bond acceptors (Lipinski definition) is 2. The van der Waals surface area contributed by atoms with E-state index in [9.17, 15) is 9.59 Å². The SMILES string of the molecule is CCCCCCCC1CCC(C(=O)C(C2CCCCC2)C2CCC(CCCCC)CC2)C(=O)C1. The van der Waals surface area contributed by atoms with E-state index in [-0.39, 0.29) is 11.8 Å². The number of Topliss-reactive ketones (excluding diaryl/α,β-unsaturated/α-hetero) is 2. The van der Waals surface area contributed by atoms with E-state index in [1.165, 1.54) is 122 Å². The summed E-state index contributed by atoms with van der Waals surface area (Å²) >= 11 is 0. The van der Waals surface area contributed by atoms with Crippen LogP contribution >= 0.6 is 0 Å². The van der Waals surface area contributed by atoms with Gasteiger partial charge >= 0.3 is 0 Å². The third kappa shape index (κ3) is 8.48. The van der Waals surface area contributed by atoms with Gasteiger partial charge in [0, 0.05) is 12.3 Å². The molecule has 3 fully saturated rings. The normalized spacial score (nSPS) is 29.8. The van der Waals surface area contributed by atoms with Crippen LogP contribution in [0.25, 0.3) is 0 Å². The van der Waals surface area contributed by atoms with Crippen molar-refractivity contribution < 1.29 is 9.59 Å². The van der Waals surface area contributed by atoms with Crippen molar-refractivity contribution in [1.82, 2.24) is 0 Å². The smallest absolute Gasteiger partial charge is 0.146 e. The Morgan fingerprint density at radius 3 is 1.91 bits per heavy atom. The summed E-state index contributed by atoms with van der Waals surface area (Å²) in [5.74, 6) is 3.19. The molecule has 3 atom stereocenters. The third-order valence-corrected chi connectivity index (χ3v) is 9.90. The van der Waals surface area contributed by atoms with Crippen molar-refractivity contribution in [1.29, 1.82) is 0 Å². The minimum absolute atomic E-state index is 0.191. The maximum Gasteiger partial charge on any atom is 0.146 e. The molecular formula is C32H56O2. The fourth-order valence-electron chi connectivity index (χ4n) is 7.77. The minimum atomic E-state index is -0.259. The summed E-state index contributed by atoms with van der Waals surface area (Å²) in [5.41, 5.74) is 0. The van der Waals surface area contributed by atoms with E-state index in [0.717, 1.165) is 18.8 Å². The van der Waals surface area contributed by atoms with Gasteiger partial charge in [0.2, 0.25) is 0 Å². The molecule has 0 radical (unpaired) electrons. The molecule has 2 heteroatoms. The summed E-state index contributed by atoms with van der Waals surface area (Å²) < 4.78 is 0. The molecular weight excluding hydrogens is 416 g/mol. The lowest BCUT2D eigenvalue weighted by atomic mass is 9.63. The molecule has 3 rings (SSSR count). The largest absolute Gasteiger partial charge is 0.299 e. The van der Waals surface area contributed by atoms with Crippen LogP contribution in [-0.4, -0.2) is 11.6 Å². The van der Waals surface area contributed by atoms with E-state index in [1.807, 2.05) is 0 Å². The van der Waals surface area contributed by atoms with Gasteiger partial charge in [-0.15, -0.1) is 0 Å². The van der Waals surface area contributed by atoms with Crippen LogP contribution in [0.15, 0.2) is 0 Å². The topological polar surface area (TPSA) is 34.1 Å². The summed E-state index contributed by atoms with van der Waals surface area (Å²) in [6.07, 6.45) is 27.3. The molecule has 0 aliphatic heterocycles. The zero-order valence-electron chi connectivity index (χ0n) is 22.8. The third-order valence-electron chi connectivity index (χ3n) is 9.90. The Balaban J connectivity index is 1.54. The number of unbranched alkanes of at least 4 members (excludes halogenated alkanes) is 6. The molecule has 3 aliphatic carbocycles. The minimum Gasteiger partial charge on any atom is -0.299 e. The van der Waals surface area contributed by atoms with Crippen LogP contribution in [0.1, 0.15) is 155 Å². The van der Waals surface area contributed by atoms with Crippen molar-refractivity contribution in [3.63, 3.8) is 0 Å². The molecule has 0 heterocycles. The van der Waals surface area contributed by atoms with Gasteiger partial charge in [0.1, 0.15) is 11.6 Å². The predicted octanol–water partition coefficient (Wildman–Crippen LogP) is 9.48. The standard InChI is InChI=1S/C32H56O2/c1-3-5-7-8-11-15-26-20-23-29(30(33)24-26)32(34)31(27-16-12-9-13-17-27)28-21-18-25(19-22-28)14-10-6-4-2/h25-29,31H,3-24H2,1-2H3. The Kier molecular flexibility index (Phi) is 12.7. The van der Waals surface area contributed by atoms with Gasteiger partial charge in [0.15, 0.2) is 0 Å². The molecule has 0 aromatic heterocycles. The maximum absolute atomic E-state index is 14.0. The van der Waals surface area contributed by atoms with Crippen molar-refractivity contribution in [3.05, 3.63) is 0 Å². The molecule has 34 heavy (non-hydrogen) atoms. The Bertz CT molecular complexity index is 582. The number of ketones is 2. The van der Waals surface area contributed by atoms with E-state index >= 15 is 0 Å². The molecule has 3 aliphatic rings. The molecule has 0 bridgehead atoms. The highest BCUT2D eigenvalue weighted by Crippen LogP contribution is 2.45. The number of hydrogen-bond donors (Lipinski definition) is 0. The summed E-state index contributed by atoms with van der Waals surface area (Å²) in [7, 11) is 0. The Morgan fingerprint density at radius 1 is 0.676 bits per heavy atom. The lowest BCUT2D eigenvalue weighted by Gasteiger charge is -2.40. The van der Waals surface area contributed by atoms with Gasteiger partial charge in [-0.05, 0) is 62.2 Å². The average molecular weight is 473 g/mol. The second kappa shape index (κ2) is 15.5. The molecule has 0 N–H and O–H groups in total. The molecule has 3 saturated carbocycles. The average Bonchev–Trinajstić information content (AvgIpc) is 2.86. The molecule has 0 aromatic rings. The van der Waals surface area contributed by atoms with E-state index in [4.69, 9.17) is 0 Å². The molecule has 0 saturated heterocycles.